The Balaban J connectivity index is 1.77. The van der Waals surface area contributed by atoms with Gasteiger partial charge in [-0.3, -0.25) is 4.40 Å². The van der Waals surface area contributed by atoms with Crippen LogP contribution in [0.25, 0.3) is 4.96 Å². The zero-order valence-electron chi connectivity index (χ0n) is 9.91. The van der Waals surface area contributed by atoms with Crippen molar-refractivity contribution in [1.82, 2.24) is 9.38 Å². The van der Waals surface area contributed by atoms with Crippen LogP contribution < -0.4 is 4.74 Å². The molecule has 6 heteroatoms. The second kappa shape index (κ2) is 5.21. The lowest BCUT2D eigenvalue weighted by Gasteiger charge is -2.09. The number of nitrogens with zero attached hydrogens (tertiary/aromatic N) is 2. The van der Waals surface area contributed by atoms with Gasteiger partial charge >= 0.3 is 0 Å². The molecular weight excluding hydrogens is 284 g/mol. The van der Waals surface area contributed by atoms with Gasteiger partial charge in [0, 0.05) is 28.4 Å². The molecule has 2 heterocycles. The second-order valence-corrected chi connectivity index (χ2v) is 5.33. The summed E-state index contributed by atoms with van der Waals surface area (Å²) >= 11 is 7.45. The summed E-state index contributed by atoms with van der Waals surface area (Å²) in [5.74, 6) is 0.628. The first-order chi connectivity index (χ1) is 9.26. The van der Waals surface area contributed by atoms with E-state index in [1.165, 1.54) is 0 Å². The van der Waals surface area contributed by atoms with Crippen LogP contribution in [0.15, 0.2) is 36.0 Å². The predicted octanol–water partition coefficient (Wildman–Crippen LogP) is 3.12. The lowest BCUT2D eigenvalue weighted by molar-refractivity contribution is 0.258. The Morgan fingerprint density at radius 2 is 2.32 bits per heavy atom. The molecule has 0 unspecified atom stereocenters. The van der Waals surface area contributed by atoms with Gasteiger partial charge in [-0.25, -0.2) is 4.98 Å². The Bertz CT molecular complexity index is 679. The predicted molar refractivity (Wildman–Crippen MR) is 74.8 cm³/mol. The maximum absolute atomic E-state index is 9.26. The summed E-state index contributed by atoms with van der Waals surface area (Å²) in [4.78, 5) is 5.37. The van der Waals surface area contributed by atoms with E-state index in [1.807, 2.05) is 22.2 Å². The minimum atomic E-state index is -0.103. The van der Waals surface area contributed by atoms with Gasteiger partial charge in [0.2, 0.25) is 0 Å². The fraction of sp³-hybridized carbons (Fsp3) is 0.154. The van der Waals surface area contributed by atoms with Crippen LogP contribution in [-0.2, 0) is 13.2 Å². The number of aromatic nitrogens is 2. The molecule has 0 radical (unpaired) electrons. The SMILES string of the molecule is OCc1cc(Cl)ccc1OCc1cn2ccsc2n1. The Morgan fingerprint density at radius 3 is 3.11 bits per heavy atom. The Hall–Kier alpha value is -1.56. The molecule has 2 aromatic heterocycles. The first kappa shape index (κ1) is 12.5. The standard InChI is InChI=1S/C13H11ClN2O2S/c14-10-1-2-12(9(5-10)7-17)18-8-11-6-16-3-4-19-13(16)15-11/h1-6,17H,7-8H2. The van der Waals surface area contributed by atoms with Crippen molar-refractivity contribution in [1.29, 1.82) is 0 Å². The molecule has 19 heavy (non-hydrogen) atoms. The minimum Gasteiger partial charge on any atom is -0.487 e. The normalized spacial score (nSPS) is 11.1. The Kier molecular flexibility index (Phi) is 3.42. The first-order valence-corrected chi connectivity index (χ1v) is 6.95. The van der Waals surface area contributed by atoms with Crippen LogP contribution in [-0.4, -0.2) is 14.5 Å². The van der Waals surface area contributed by atoms with Crippen molar-refractivity contribution in [3.05, 3.63) is 52.3 Å². The highest BCUT2D eigenvalue weighted by molar-refractivity contribution is 7.15. The van der Waals surface area contributed by atoms with Gasteiger partial charge in [-0.2, -0.15) is 0 Å². The van der Waals surface area contributed by atoms with Gasteiger partial charge in [-0.1, -0.05) is 11.6 Å². The molecule has 4 nitrogen and oxygen atoms in total. The average Bonchev–Trinajstić information content (AvgIpc) is 2.97. The molecule has 98 valence electrons. The quantitative estimate of drug-likeness (QED) is 0.804. The molecule has 0 aliphatic carbocycles. The molecule has 1 N–H and O–H groups in total. The molecule has 1 aromatic carbocycles. The smallest absolute Gasteiger partial charge is 0.193 e. The number of thiazole rings is 1. The van der Waals surface area contributed by atoms with E-state index >= 15 is 0 Å². The van der Waals surface area contributed by atoms with Gasteiger partial charge in [0.25, 0.3) is 0 Å². The van der Waals surface area contributed by atoms with Crippen LogP contribution in [0.5, 0.6) is 5.75 Å². The van der Waals surface area contributed by atoms with Gasteiger partial charge in [-0.15, -0.1) is 11.3 Å². The molecule has 3 rings (SSSR count). The maximum Gasteiger partial charge on any atom is 0.193 e. The monoisotopic (exact) mass is 294 g/mol. The van der Waals surface area contributed by atoms with E-state index in [9.17, 15) is 5.11 Å². The molecule has 0 bridgehead atoms. The van der Waals surface area contributed by atoms with Crippen LogP contribution in [0.4, 0.5) is 0 Å². The average molecular weight is 295 g/mol. The molecule has 0 fully saturated rings. The number of hydrogen-bond acceptors (Lipinski definition) is 4. The third kappa shape index (κ3) is 2.58. The highest BCUT2D eigenvalue weighted by atomic mass is 35.5. The van der Waals surface area contributed by atoms with Gasteiger partial charge < -0.3 is 9.84 Å². The lowest BCUT2D eigenvalue weighted by atomic mass is 10.2. The van der Waals surface area contributed by atoms with E-state index < -0.39 is 0 Å². The number of aliphatic hydroxyl groups excluding tert-OH is 1. The van der Waals surface area contributed by atoms with Gasteiger partial charge in [0.15, 0.2) is 4.96 Å². The molecule has 0 spiro atoms. The van der Waals surface area contributed by atoms with E-state index in [1.54, 1.807) is 29.5 Å². The Labute approximate surface area is 118 Å². The number of imidazole rings is 1. The summed E-state index contributed by atoms with van der Waals surface area (Å²) in [5.41, 5.74) is 1.53. The molecule has 0 aliphatic rings. The summed E-state index contributed by atoms with van der Waals surface area (Å²) in [7, 11) is 0. The van der Waals surface area contributed by atoms with Crippen molar-refractivity contribution in [3.63, 3.8) is 0 Å². The van der Waals surface area contributed by atoms with Crippen molar-refractivity contribution in [2.75, 3.05) is 0 Å². The van der Waals surface area contributed by atoms with Gasteiger partial charge in [0.1, 0.15) is 12.4 Å². The maximum atomic E-state index is 9.26. The first-order valence-electron chi connectivity index (χ1n) is 5.69. The highest BCUT2D eigenvalue weighted by Gasteiger charge is 2.07. The summed E-state index contributed by atoms with van der Waals surface area (Å²) in [5, 5.41) is 11.8. The minimum absolute atomic E-state index is 0.103. The van der Waals surface area contributed by atoms with Crippen LogP contribution in [0, 0.1) is 0 Å². The summed E-state index contributed by atoms with van der Waals surface area (Å²) < 4.78 is 7.63. The molecule has 0 atom stereocenters. The summed E-state index contributed by atoms with van der Waals surface area (Å²) in [6.45, 7) is 0.261. The zero-order chi connectivity index (χ0) is 13.2. The van der Waals surface area contributed by atoms with Crippen molar-refractivity contribution < 1.29 is 9.84 Å². The van der Waals surface area contributed by atoms with Crippen molar-refractivity contribution >= 4 is 27.9 Å². The number of halogens is 1. The molecule has 3 aromatic rings. The van der Waals surface area contributed by atoms with Crippen LogP contribution in [0.2, 0.25) is 5.02 Å². The highest BCUT2D eigenvalue weighted by Crippen LogP contribution is 2.24. The van der Waals surface area contributed by atoms with Crippen molar-refractivity contribution in [3.8, 4) is 5.75 Å². The topological polar surface area (TPSA) is 46.8 Å². The number of hydrogen-bond donors (Lipinski definition) is 1. The van der Waals surface area contributed by atoms with Crippen LogP contribution in [0.3, 0.4) is 0 Å². The fourth-order valence-corrected chi connectivity index (χ4v) is 2.72. The van der Waals surface area contributed by atoms with Gasteiger partial charge in [-0.05, 0) is 18.2 Å². The van der Waals surface area contributed by atoms with E-state index in [0.29, 0.717) is 22.9 Å². The number of benzene rings is 1. The number of rotatable bonds is 4. The fourth-order valence-electron chi connectivity index (χ4n) is 1.81. The lowest BCUT2D eigenvalue weighted by Crippen LogP contribution is -1.99. The third-order valence-electron chi connectivity index (χ3n) is 2.71. The van der Waals surface area contributed by atoms with E-state index in [2.05, 4.69) is 4.98 Å². The van der Waals surface area contributed by atoms with Crippen molar-refractivity contribution in [2.45, 2.75) is 13.2 Å². The van der Waals surface area contributed by atoms with E-state index in [0.717, 1.165) is 10.7 Å². The van der Waals surface area contributed by atoms with E-state index in [4.69, 9.17) is 16.3 Å². The summed E-state index contributed by atoms with van der Waals surface area (Å²) in [6, 6.07) is 5.19. The van der Waals surface area contributed by atoms with Gasteiger partial charge in [0.05, 0.1) is 12.3 Å². The van der Waals surface area contributed by atoms with Crippen molar-refractivity contribution in [2.24, 2.45) is 0 Å². The number of ether oxygens (including phenoxy) is 1. The molecule has 0 amide bonds. The number of aliphatic hydroxyl groups is 1. The van der Waals surface area contributed by atoms with Crippen LogP contribution >= 0.6 is 22.9 Å². The largest absolute Gasteiger partial charge is 0.487 e. The second-order valence-electron chi connectivity index (χ2n) is 4.02. The van der Waals surface area contributed by atoms with Crippen LogP contribution in [0.1, 0.15) is 11.3 Å². The van der Waals surface area contributed by atoms with E-state index in [-0.39, 0.29) is 6.61 Å². The Morgan fingerprint density at radius 1 is 1.42 bits per heavy atom. The molecule has 0 aliphatic heterocycles. The number of fused-ring (bicyclic) bond motifs is 1. The molecule has 0 saturated heterocycles. The zero-order valence-corrected chi connectivity index (χ0v) is 11.5. The molecular formula is C13H11ClN2O2S. The third-order valence-corrected chi connectivity index (χ3v) is 3.72. The molecule has 0 saturated carbocycles. The summed E-state index contributed by atoms with van der Waals surface area (Å²) in [6.07, 6.45) is 3.89.